The fourth-order valence-corrected chi connectivity index (χ4v) is 5.96. The van der Waals surface area contributed by atoms with Gasteiger partial charge in [-0.3, -0.25) is 0 Å². The molecule has 4 rings (SSSR count). The highest BCUT2D eigenvalue weighted by Gasteiger charge is 2.34. The Labute approximate surface area is 196 Å². The van der Waals surface area contributed by atoms with Crippen LogP contribution in [-0.4, -0.2) is 12.7 Å². The van der Waals surface area contributed by atoms with Crippen molar-refractivity contribution in [2.45, 2.75) is 90.1 Å². The van der Waals surface area contributed by atoms with Crippen molar-refractivity contribution in [2.75, 3.05) is 6.61 Å². The first-order valence-corrected chi connectivity index (χ1v) is 12.8. The third-order valence-corrected chi connectivity index (χ3v) is 7.97. The zero-order valence-electron chi connectivity index (χ0n) is 20.0. The highest BCUT2D eigenvalue weighted by atomic mass is 19.3. The summed E-state index contributed by atoms with van der Waals surface area (Å²) in [7, 11) is 0. The molecular weight excluding hydrogens is 421 g/mol. The molecule has 1 heterocycles. The predicted molar refractivity (Wildman–Crippen MR) is 128 cm³/mol. The van der Waals surface area contributed by atoms with Crippen LogP contribution in [0.3, 0.4) is 0 Å². The lowest BCUT2D eigenvalue weighted by Crippen LogP contribution is -2.33. The number of ether oxygens (including phenoxy) is 1. The normalized spacial score (nSPS) is 26.0. The van der Waals surface area contributed by atoms with Crippen LogP contribution in [0.1, 0.15) is 94.2 Å². The van der Waals surface area contributed by atoms with Gasteiger partial charge in [-0.2, -0.15) is 0 Å². The fraction of sp³-hybridized carbons (Fsp3) is 0.586. The van der Waals surface area contributed by atoms with Crippen LogP contribution in [0.4, 0.5) is 13.2 Å². The summed E-state index contributed by atoms with van der Waals surface area (Å²) in [6.45, 7) is 4.72. The Balaban J connectivity index is 1.46. The van der Waals surface area contributed by atoms with Crippen LogP contribution >= 0.6 is 0 Å². The summed E-state index contributed by atoms with van der Waals surface area (Å²) in [4.78, 5) is 0. The van der Waals surface area contributed by atoms with Gasteiger partial charge in [-0.1, -0.05) is 75.9 Å². The molecule has 1 saturated carbocycles. The lowest BCUT2D eigenvalue weighted by molar-refractivity contribution is -0.0440. The quantitative estimate of drug-likeness (QED) is 0.403. The molecule has 0 N–H and O–H groups in total. The highest BCUT2D eigenvalue weighted by Crippen LogP contribution is 2.42. The Kier molecular flexibility index (Phi) is 8.16. The molecule has 2 aromatic carbocycles. The third kappa shape index (κ3) is 5.48. The minimum absolute atomic E-state index is 0.160. The Bertz CT molecular complexity index is 892. The Morgan fingerprint density at radius 3 is 2.21 bits per heavy atom. The van der Waals surface area contributed by atoms with Crippen LogP contribution in [-0.2, 0) is 11.2 Å². The summed E-state index contributed by atoms with van der Waals surface area (Å²) in [5, 5.41) is 0. The zero-order chi connectivity index (χ0) is 23.4. The van der Waals surface area contributed by atoms with E-state index in [-0.39, 0.29) is 17.6 Å². The molecule has 1 aliphatic heterocycles. The molecule has 33 heavy (non-hydrogen) atoms. The van der Waals surface area contributed by atoms with Crippen molar-refractivity contribution < 1.29 is 17.9 Å². The van der Waals surface area contributed by atoms with Crippen LogP contribution in [0.15, 0.2) is 36.4 Å². The highest BCUT2D eigenvalue weighted by molar-refractivity contribution is 5.69. The molecule has 0 bridgehead atoms. The number of alkyl halides is 2. The number of halogens is 3. The number of benzene rings is 2. The summed E-state index contributed by atoms with van der Waals surface area (Å²) < 4.78 is 49.6. The van der Waals surface area contributed by atoms with Gasteiger partial charge in [-0.15, -0.1) is 0 Å². The summed E-state index contributed by atoms with van der Waals surface area (Å²) in [6.07, 6.45) is 7.52. The largest absolute Gasteiger partial charge is 0.377 e. The second-order valence-electron chi connectivity index (χ2n) is 10.00. The topological polar surface area (TPSA) is 9.23 Å². The molecule has 0 amide bonds. The van der Waals surface area contributed by atoms with E-state index in [2.05, 4.69) is 6.92 Å². The van der Waals surface area contributed by atoms with E-state index in [0.29, 0.717) is 23.7 Å². The van der Waals surface area contributed by atoms with E-state index in [1.807, 2.05) is 31.2 Å². The first-order chi connectivity index (χ1) is 16.0. The molecule has 2 unspecified atom stereocenters. The SMILES string of the molecule is CCCC1CCC(C2CCC(c3ccc(-c4ccc(CC)cc4)c(C(F)F)c3F)CO2)CC1. The molecule has 2 fully saturated rings. The smallest absolute Gasteiger partial charge is 0.267 e. The van der Waals surface area contributed by atoms with Gasteiger partial charge in [0.15, 0.2) is 0 Å². The Morgan fingerprint density at radius 1 is 0.909 bits per heavy atom. The molecule has 1 aliphatic carbocycles. The van der Waals surface area contributed by atoms with E-state index in [1.165, 1.54) is 38.5 Å². The van der Waals surface area contributed by atoms with Crippen LogP contribution in [0.5, 0.6) is 0 Å². The van der Waals surface area contributed by atoms with Crippen molar-refractivity contribution >= 4 is 0 Å². The molecule has 0 radical (unpaired) electrons. The first kappa shape index (κ1) is 24.3. The van der Waals surface area contributed by atoms with Crippen molar-refractivity contribution in [3.63, 3.8) is 0 Å². The first-order valence-electron chi connectivity index (χ1n) is 12.8. The number of hydrogen-bond donors (Lipinski definition) is 0. The average Bonchev–Trinajstić information content (AvgIpc) is 2.84. The maximum absolute atomic E-state index is 15.4. The Hall–Kier alpha value is -1.81. The van der Waals surface area contributed by atoms with Gasteiger partial charge in [0.1, 0.15) is 5.82 Å². The maximum Gasteiger partial charge on any atom is 0.267 e. The summed E-state index contributed by atoms with van der Waals surface area (Å²) in [5.41, 5.74) is 1.94. The van der Waals surface area contributed by atoms with Crippen LogP contribution in [0.25, 0.3) is 11.1 Å². The van der Waals surface area contributed by atoms with Gasteiger partial charge in [-0.05, 0) is 66.2 Å². The second kappa shape index (κ2) is 11.1. The maximum atomic E-state index is 15.4. The van der Waals surface area contributed by atoms with Gasteiger partial charge in [0.05, 0.1) is 18.3 Å². The zero-order valence-corrected chi connectivity index (χ0v) is 20.0. The number of rotatable bonds is 7. The molecule has 2 atom stereocenters. The molecule has 180 valence electrons. The third-order valence-electron chi connectivity index (χ3n) is 7.97. The van der Waals surface area contributed by atoms with Gasteiger partial charge in [-0.25, -0.2) is 13.2 Å². The number of aryl methyl sites for hydroxylation is 1. The van der Waals surface area contributed by atoms with E-state index < -0.39 is 17.8 Å². The molecule has 2 aliphatic rings. The number of hydrogen-bond acceptors (Lipinski definition) is 1. The molecule has 2 aromatic rings. The van der Waals surface area contributed by atoms with E-state index in [4.69, 9.17) is 4.74 Å². The molecule has 1 saturated heterocycles. The van der Waals surface area contributed by atoms with Crippen LogP contribution in [0, 0.1) is 17.7 Å². The summed E-state index contributed by atoms with van der Waals surface area (Å²) in [6, 6.07) is 10.8. The van der Waals surface area contributed by atoms with Crippen molar-refractivity contribution in [2.24, 2.45) is 11.8 Å². The van der Waals surface area contributed by atoms with E-state index in [0.717, 1.165) is 30.7 Å². The monoisotopic (exact) mass is 458 g/mol. The lowest BCUT2D eigenvalue weighted by atomic mass is 9.75. The van der Waals surface area contributed by atoms with Gasteiger partial charge in [0, 0.05) is 5.92 Å². The van der Waals surface area contributed by atoms with Gasteiger partial charge >= 0.3 is 0 Å². The molecule has 0 aromatic heterocycles. The van der Waals surface area contributed by atoms with Gasteiger partial charge < -0.3 is 4.74 Å². The van der Waals surface area contributed by atoms with E-state index >= 15 is 4.39 Å². The summed E-state index contributed by atoms with van der Waals surface area (Å²) in [5.74, 6) is 0.538. The lowest BCUT2D eigenvalue weighted by Gasteiger charge is -2.38. The molecule has 1 nitrogen and oxygen atoms in total. The van der Waals surface area contributed by atoms with Crippen LogP contribution < -0.4 is 0 Å². The van der Waals surface area contributed by atoms with E-state index in [9.17, 15) is 8.78 Å². The predicted octanol–water partition coefficient (Wildman–Crippen LogP) is 8.86. The molecule has 0 spiro atoms. The Morgan fingerprint density at radius 2 is 1.64 bits per heavy atom. The van der Waals surface area contributed by atoms with Crippen LogP contribution in [0.2, 0.25) is 0 Å². The summed E-state index contributed by atoms with van der Waals surface area (Å²) >= 11 is 0. The van der Waals surface area contributed by atoms with Crippen molar-refractivity contribution in [1.29, 1.82) is 0 Å². The molecular formula is C29H37F3O. The standard InChI is InChI=1S/C29H37F3O/c1-3-5-20-8-12-22(13-9-20)26-17-14-23(18-33-26)25-16-15-24(27(28(25)30)29(31)32)21-10-6-19(4-2)7-11-21/h6-7,10-11,15-16,20,22-23,26,29H,3-5,8-9,12-14,17-18H2,1-2H3. The van der Waals surface area contributed by atoms with Gasteiger partial charge in [0.2, 0.25) is 0 Å². The average molecular weight is 459 g/mol. The van der Waals surface area contributed by atoms with Crippen molar-refractivity contribution in [1.82, 2.24) is 0 Å². The fourth-order valence-electron chi connectivity index (χ4n) is 5.96. The van der Waals surface area contributed by atoms with Crippen molar-refractivity contribution in [3.05, 3.63) is 58.9 Å². The van der Waals surface area contributed by atoms with E-state index in [1.54, 1.807) is 12.1 Å². The molecule has 4 heteroatoms. The van der Waals surface area contributed by atoms with Gasteiger partial charge in [0.25, 0.3) is 6.43 Å². The minimum Gasteiger partial charge on any atom is -0.377 e. The second-order valence-corrected chi connectivity index (χ2v) is 10.00. The minimum atomic E-state index is -2.86. The van der Waals surface area contributed by atoms with Crippen molar-refractivity contribution in [3.8, 4) is 11.1 Å².